The molecular formula is C11H11N3. The van der Waals surface area contributed by atoms with Gasteiger partial charge in [-0.1, -0.05) is 31.2 Å². The van der Waals surface area contributed by atoms with Crippen LogP contribution in [0.15, 0.2) is 36.9 Å². The molecule has 0 radical (unpaired) electrons. The van der Waals surface area contributed by atoms with E-state index in [0.29, 0.717) is 0 Å². The second-order valence-electron chi connectivity index (χ2n) is 2.97. The fourth-order valence-corrected chi connectivity index (χ4v) is 1.43. The van der Waals surface area contributed by atoms with Crippen molar-refractivity contribution in [1.29, 1.82) is 0 Å². The highest BCUT2D eigenvalue weighted by Gasteiger charge is 2.03. The molecule has 0 N–H and O–H groups in total. The van der Waals surface area contributed by atoms with Crippen LogP contribution < -0.4 is 0 Å². The third-order valence-corrected chi connectivity index (χ3v) is 2.13. The molecule has 3 nitrogen and oxygen atoms in total. The highest BCUT2D eigenvalue weighted by atomic mass is 15.0. The Balaban J connectivity index is 2.51. The average Bonchev–Trinajstić information content (AvgIpc) is 2.30. The number of nitrogens with zero attached hydrogens (tertiary/aromatic N) is 3. The van der Waals surface area contributed by atoms with Gasteiger partial charge >= 0.3 is 0 Å². The van der Waals surface area contributed by atoms with Crippen LogP contribution in [0.4, 0.5) is 0 Å². The Morgan fingerprint density at radius 2 is 1.79 bits per heavy atom. The molecule has 14 heavy (non-hydrogen) atoms. The van der Waals surface area contributed by atoms with Crippen molar-refractivity contribution >= 4 is 0 Å². The zero-order valence-electron chi connectivity index (χ0n) is 8.01. The normalized spacial score (nSPS) is 10.1. The van der Waals surface area contributed by atoms with E-state index in [2.05, 4.69) is 27.9 Å². The van der Waals surface area contributed by atoms with Gasteiger partial charge in [0.25, 0.3) is 0 Å². The molecule has 0 spiro atoms. The maximum Gasteiger partial charge on any atom is 0.162 e. The zero-order valence-corrected chi connectivity index (χ0v) is 8.01. The van der Waals surface area contributed by atoms with E-state index in [0.717, 1.165) is 17.8 Å². The van der Waals surface area contributed by atoms with Gasteiger partial charge in [-0.15, -0.1) is 0 Å². The summed E-state index contributed by atoms with van der Waals surface area (Å²) in [4.78, 5) is 12.1. The van der Waals surface area contributed by atoms with Gasteiger partial charge in [0, 0.05) is 5.56 Å². The quantitative estimate of drug-likeness (QED) is 0.719. The molecule has 0 unspecified atom stereocenters. The molecule has 0 aliphatic carbocycles. The lowest BCUT2D eigenvalue weighted by Gasteiger charge is -2.04. The molecule has 3 heteroatoms. The summed E-state index contributed by atoms with van der Waals surface area (Å²) in [5.41, 5.74) is 2.36. The van der Waals surface area contributed by atoms with Crippen LogP contribution in [-0.4, -0.2) is 15.0 Å². The van der Waals surface area contributed by atoms with E-state index < -0.39 is 0 Å². The van der Waals surface area contributed by atoms with E-state index >= 15 is 0 Å². The zero-order chi connectivity index (χ0) is 9.80. The molecule has 0 saturated carbocycles. The molecular weight excluding hydrogens is 174 g/mol. The minimum atomic E-state index is 0.748. The van der Waals surface area contributed by atoms with Crippen molar-refractivity contribution in [2.45, 2.75) is 13.3 Å². The van der Waals surface area contributed by atoms with Crippen LogP contribution >= 0.6 is 0 Å². The third-order valence-electron chi connectivity index (χ3n) is 2.13. The molecule has 2 aromatic rings. The molecule has 1 aromatic heterocycles. The minimum Gasteiger partial charge on any atom is -0.225 e. The predicted molar refractivity (Wildman–Crippen MR) is 54.6 cm³/mol. The van der Waals surface area contributed by atoms with Crippen LogP contribution in [0.2, 0.25) is 0 Å². The summed E-state index contributed by atoms with van der Waals surface area (Å²) in [6.45, 7) is 2.13. The summed E-state index contributed by atoms with van der Waals surface area (Å²) >= 11 is 0. The number of benzene rings is 1. The van der Waals surface area contributed by atoms with Crippen molar-refractivity contribution < 1.29 is 0 Å². The molecule has 2 rings (SSSR count). The number of rotatable bonds is 2. The Labute approximate surface area is 82.9 Å². The smallest absolute Gasteiger partial charge is 0.162 e. The van der Waals surface area contributed by atoms with Crippen molar-refractivity contribution in [3.05, 3.63) is 42.5 Å². The first kappa shape index (κ1) is 8.81. The van der Waals surface area contributed by atoms with Gasteiger partial charge in [0.15, 0.2) is 5.82 Å². The Hall–Kier alpha value is -1.77. The summed E-state index contributed by atoms with van der Waals surface area (Å²) in [5.74, 6) is 0.748. The summed E-state index contributed by atoms with van der Waals surface area (Å²) in [5, 5.41) is 0. The average molecular weight is 185 g/mol. The van der Waals surface area contributed by atoms with Gasteiger partial charge in [-0.2, -0.15) is 0 Å². The number of aromatic nitrogens is 3. The maximum atomic E-state index is 4.14. The van der Waals surface area contributed by atoms with Gasteiger partial charge in [-0.3, -0.25) is 0 Å². The largest absolute Gasteiger partial charge is 0.225 e. The third kappa shape index (κ3) is 1.62. The van der Waals surface area contributed by atoms with E-state index in [-0.39, 0.29) is 0 Å². The Bertz CT molecular complexity index is 412. The van der Waals surface area contributed by atoms with Crippen molar-refractivity contribution in [2.24, 2.45) is 0 Å². The van der Waals surface area contributed by atoms with Gasteiger partial charge in [0.05, 0.1) is 0 Å². The predicted octanol–water partition coefficient (Wildman–Crippen LogP) is 2.10. The van der Waals surface area contributed by atoms with Crippen LogP contribution in [0.1, 0.15) is 12.5 Å². The fourth-order valence-electron chi connectivity index (χ4n) is 1.43. The summed E-state index contributed by atoms with van der Waals surface area (Å²) in [7, 11) is 0. The van der Waals surface area contributed by atoms with Gasteiger partial charge in [0.2, 0.25) is 0 Å². The van der Waals surface area contributed by atoms with Crippen molar-refractivity contribution in [3.63, 3.8) is 0 Å². The molecule has 0 fully saturated rings. The molecule has 0 atom stereocenters. The van der Waals surface area contributed by atoms with Crippen LogP contribution in [-0.2, 0) is 6.42 Å². The first-order valence-corrected chi connectivity index (χ1v) is 4.62. The molecule has 70 valence electrons. The van der Waals surface area contributed by atoms with Gasteiger partial charge < -0.3 is 0 Å². The molecule has 0 aliphatic heterocycles. The summed E-state index contributed by atoms with van der Waals surface area (Å²) in [6.07, 6.45) is 4.03. The molecule has 0 aliphatic rings. The molecule has 0 amide bonds. The van der Waals surface area contributed by atoms with Crippen LogP contribution in [0.25, 0.3) is 11.4 Å². The highest BCUT2D eigenvalue weighted by Crippen LogP contribution is 2.19. The van der Waals surface area contributed by atoms with Crippen LogP contribution in [0.5, 0.6) is 0 Å². The van der Waals surface area contributed by atoms with E-state index in [4.69, 9.17) is 0 Å². The molecule has 0 bridgehead atoms. The Morgan fingerprint density at radius 3 is 2.50 bits per heavy atom. The highest BCUT2D eigenvalue weighted by molar-refractivity contribution is 5.59. The van der Waals surface area contributed by atoms with Gasteiger partial charge in [-0.05, 0) is 12.0 Å². The monoisotopic (exact) mass is 185 g/mol. The first-order valence-electron chi connectivity index (χ1n) is 4.62. The van der Waals surface area contributed by atoms with Crippen LogP contribution in [0.3, 0.4) is 0 Å². The molecule has 1 heterocycles. The lowest BCUT2D eigenvalue weighted by Crippen LogP contribution is -1.93. The first-order chi connectivity index (χ1) is 6.92. The second-order valence-corrected chi connectivity index (χ2v) is 2.97. The maximum absolute atomic E-state index is 4.14. The number of hydrogen-bond acceptors (Lipinski definition) is 3. The van der Waals surface area contributed by atoms with Crippen molar-refractivity contribution in [2.75, 3.05) is 0 Å². The SMILES string of the molecule is CCc1ccccc1-c1ncncn1. The lowest BCUT2D eigenvalue weighted by molar-refractivity contribution is 1.04. The summed E-state index contributed by atoms with van der Waals surface area (Å²) < 4.78 is 0. The second kappa shape index (κ2) is 3.96. The van der Waals surface area contributed by atoms with Gasteiger partial charge in [0.1, 0.15) is 12.7 Å². The number of aryl methyl sites for hydroxylation is 1. The minimum absolute atomic E-state index is 0.748. The van der Waals surface area contributed by atoms with Crippen molar-refractivity contribution in [1.82, 2.24) is 15.0 Å². The molecule has 1 aromatic carbocycles. The summed E-state index contributed by atoms with van der Waals surface area (Å²) in [6, 6.07) is 8.16. The van der Waals surface area contributed by atoms with E-state index in [1.807, 2.05) is 18.2 Å². The Kier molecular flexibility index (Phi) is 2.49. The lowest BCUT2D eigenvalue weighted by atomic mass is 10.1. The fraction of sp³-hybridized carbons (Fsp3) is 0.182. The van der Waals surface area contributed by atoms with Gasteiger partial charge in [-0.25, -0.2) is 15.0 Å². The van der Waals surface area contributed by atoms with E-state index in [9.17, 15) is 0 Å². The van der Waals surface area contributed by atoms with E-state index in [1.54, 1.807) is 0 Å². The molecule has 0 saturated heterocycles. The van der Waals surface area contributed by atoms with Crippen LogP contribution in [0, 0.1) is 0 Å². The van der Waals surface area contributed by atoms with E-state index in [1.165, 1.54) is 18.2 Å². The number of hydrogen-bond donors (Lipinski definition) is 0. The standard InChI is InChI=1S/C11H11N3/c1-2-9-5-3-4-6-10(9)11-13-7-12-8-14-11/h3-8H,2H2,1H3. The Morgan fingerprint density at radius 1 is 1.07 bits per heavy atom. The topological polar surface area (TPSA) is 38.7 Å². The van der Waals surface area contributed by atoms with Crippen molar-refractivity contribution in [3.8, 4) is 11.4 Å².